The quantitative estimate of drug-likeness (QED) is 0.833. The first-order chi connectivity index (χ1) is 8.84. The lowest BCUT2D eigenvalue weighted by Gasteiger charge is -2.27. The molecule has 0 amide bonds. The van der Waals surface area contributed by atoms with E-state index >= 15 is 0 Å². The molecule has 1 heterocycles. The molecular weight excluding hydrogens is 226 g/mol. The van der Waals surface area contributed by atoms with Gasteiger partial charge in [0.1, 0.15) is 0 Å². The van der Waals surface area contributed by atoms with Gasteiger partial charge in [-0.15, -0.1) is 0 Å². The summed E-state index contributed by atoms with van der Waals surface area (Å²) in [4.78, 5) is 2.37. The van der Waals surface area contributed by atoms with Crippen LogP contribution in [0.15, 0.2) is 30.3 Å². The molecule has 18 heavy (non-hydrogen) atoms. The molecule has 0 aliphatic carbocycles. The lowest BCUT2D eigenvalue weighted by Crippen LogP contribution is -2.37. The predicted octanol–water partition coefficient (Wildman–Crippen LogP) is 1.70. The average molecular weight is 249 g/mol. The standard InChI is InChI=1S/C15H23NO2/c17-15(7-6-14-4-2-1-3-5-14)8-9-16-10-12-18-13-11-16/h1-5,15,17H,6-13H2. The summed E-state index contributed by atoms with van der Waals surface area (Å²) in [5, 5.41) is 9.98. The minimum atomic E-state index is -0.187. The van der Waals surface area contributed by atoms with Gasteiger partial charge in [0.25, 0.3) is 0 Å². The lowest BCUT2D eigenvalue weighted by atomic mass is 10.0. The lowest BCUT2D eigenvalue weighted by molar-refractivity contribution is 0.0296. The molecule has 3 heteroatoms. The predicted molar refractivity (Wildman–Crippen MR) is 72.6 cm³/mol. The summed E-state index contributed by atoms with van der Waals surface area (Å²) < 4.78 is 5.31. The third-order valence-corrected chi connectivity index (χ3v) is 3.49. The largest absolute Gasteiger partial charge is 0.393 e. The molecular formula is C15H23NO2. The Bertz CT molecular complexity index is 323. The summed E-state index contributed by atoms with van der Waals surface area (Å²) in [5.74, 6) is 0. The van der Waals surface area contributed by atoms with Crippen LogP contribution in [0.1, 0.15) is 18.4 Å². The van der Waals surface area contributed by atoms with Crippen LogP contribution in [0.2, 0.25) is 0 Å². The number of benzene rings is 1. The van der Waals surface area contributed by atoms with E-state index in [1.807, 2.05) is 6.07 Å². The van der Waals surface area contributed by atoms with Gasteiger partial charge < -0.3 is 9.84 Å². The van der Waals surface area contributed by atoms with E-state index in [0.717, 1.165) is 52.1 Å². The van der Waals surface area contributed by atoms with Gasteiger partial charge in [-0.3, -0.25) is 4.90 Å². The van der Waals surface area contributed by atoms with Gasteiger partial charge >= 0.3 is 0 Å². The zero-order chi connectivity index (χ0) is 12.6. The van der Waals surface area contributed by atoms with Crippen LogP contribution in [-0.4, -0.2) is 49.0 Å². The summed E-state index contributed by atoms with van der Waals surface area (Å²) in [7, 11) is 0. The molecule has 1 unspecified atom stereocenters. The molecule has 1 N–H and O–H groups in total. The Hall–Kier alpha value is -0.900. The normalized spacial score (nSPS) is 18.7. The first kappa shape index (κ1) is 13.5. The second kappa shape index (κ2) is 7.52. The van der Waals surface area contributed by atoms with Gasteiger partial charge in [-0.2, -0.15) is 0 Å². The van der Waals surface area contributed by atoms with E-state index in [0.29, 0.717) is 0 Å². The fourth-order valence-electron chi connectivity index (χ4n) is 2.28. The summed E-state index contributed by atoms with van der Waals surface area (Å²) in [6, 6.07) is 10.4. The SMILES string of the molecule is OC(CCc1ccccc1)CCN1CCOCC1. The molecule has 0 spiro atoms. The second-order valence-electron chi connectivity index (χ2n) is 4.92. The number of hydrogen-bond acceptors (Lipinski definition) is 3. The second-order valence-corrected chi connectivity index (χ2v) is 4.92. The molecule has 0 aromatic heterocycles. The molecule has 1 aromatic rings. The smallest absolute Gasteiger partial charge is 0.0594 e. The van der Waals surface area contributed by atoms with Crippen molar-refractivity contribution >= 4 is 0 Å². The van der Waals surface area contributed by atoms with E-state index in [9.17, 15) is 5.11 Å². The molecule has 1 fully saturated rings. The van der Waals surface area contributed by atoms with E-state index in [1.165, 1.54) is 5.56 Å². The summed E-state index contributed by atoms with van der Waals surface area (Å²) in [5.41, 5.74) is 1.31. The molecule has 1 atom stereocenters. The van der Waals surface area contributed by atoms with Gasteiger partial charge in [-0.1, -0.05) is 30.3 Å². The van der Waals surface area contributed by atoms with Crippen LogP contribution in [0, 0.1) is 0 Å². The van der Waals surface area contributed by atoms with E-state index in [1.54, 1.807) is 0 Å². The maximum atomic E-state index is 9.98. The van der Waals surface area contributed by atoms with E-state index < -0.39 is 0 Å². The Morgan fingerprint density at radius 2 is 1.83 bits per heavy atom. The van der Waals surface area contributed by atoms with Gasteiger partial charge in [0.05, 0.1) is 19.3 Å². The zero-order valence-corrected chi connectivity index (χ0v) is 10.9. The van der Waals surface area contributed by atoms with Crippen molar-refractivity contribution in [2.45, 2.75) is 25.4 Å². The Morgan fingerprint density at radius 1 is 1.11 bits per heavy atom. The van der Waals surface area contributed by atoms with Crippen LogP contribution in [0.5, 0.6) is 0 Å². The molecule has 0 saturated carbocycles. The number of aliphatic hydroxyl groups excluding tert-OH is 1. The van der Waals surface area contributed by atoms with E-state index in [-0.39, 0.29) is 6.10 Å². The highest BCUT2D eigenvalue weighted by molar-refractivity contribution is 5.14. The van der Waals surface area contributed by atoms with Crippen LogP contribution < -0.4 is 0 Å². The van der Waals surface area contributed by atoms with Crippen molar-refractivity contribution in [3.8, 4) is 0 Å². The van der Waals surface area contributed by atoms with Crippen LogP contribution >= 0.6 is 0 Å². The third-order valence-electron chi connectivity index (χ3n) is 3.49. The number of ether oxygens (including phenoxy) is 1. The first-order valence-corrected chi connectivity index (χ1v) is 6.86. The fourth-order valence-corrected chi connectivity index (χ4v) is 2.28. The Balaban J connectivity index is 1.61. The molecule has 0 radical (unpaired) electrons. The van der Waals surface area contributed by atoms with Crippen molar-refractivity contribution in [2.75, 3.05) is 32.8 Å². The summed E-state index contributed by atoms with van der Waals surface area (Å²) in [6.07, 6.45) is 2.50. The highest BCUT2D eigenvalue weighted by Gasteiger charge is 2.12. The van der Waals surface area contributed by atoms with Crippen LogP contribution in [0.3, 0.4) is 0 Å². The van der Waals surface area contributed by atoms with Crippen molar-refractivity contribution in [3.63, 3.8) is 0 Å². The van der Waals surface area contributed by atoms with Crippen molar-refractivity contribution in [1.82, 2.24) is 4.90 Å². The van der Waals surface area contributed by atoms with Crippen molar-refractivity contribution in [3.05, 3.63) is 35.9 Å². The number of rotatable bonds is 6. The molecule has 1 aliphatic heterocycles. The molecule has 1 aromatic carbocycles. The minimum absolute atomic E-state index is 0.187. The number of aryl methyl sites for hydroxylation is 1. The van der Waals surface area contributed by atoms with Gasteiger partial charge in [0, 0.05) is 19.6 Å². The number of morpholine rings is 1. The van der Waals surface area contributed by atoms with Gasteiger partial charge in [0.2, 0.25) is 0 Å². The average Bonchev–Trinajstić information content (AvgIpc) is 2.45. The monoisotopic (exact) mass is 249 g/mol. The van der Waals surface area contributed by atoms with Crippen LogP contribution in [0.25, 0.3) is 0 Å². The molecule has 100 valence electrons. The van der Waals surface area contributed by atoms with Crippen molar-refractivity contribution in [2.24, 2.45) is 0 Å². The first-order valence-electron chi connectivity index (χ1n) is 6.86. The molecule has 2 rings (SSSR count). The minimum Gasteiger partial charge on any atom is -0.393 e. The van der Waals surface area contributed by atoms with Crippen molar-refractivity contribution < 1.29 is 9.84 Å². The maximum Gasteiger partial charge on any atom is 0.0594 e. The third kappa shape index (κ3) is 4.77. The van der Waals surface area contributed by atoms with Gasteiger partial charge in [-0.25, -0.2) is 0 Å². The molecule has 1 aliphatic rings. The number of hydrogen-bond donors (Lipinski definition) is 1. The van der Waals surface area contributed by atoms with Crippen molar-refractivity contribution in [1.29, 1.82) is 0 Å². The Labute approximate surface area is 109 Å². The van der Waals surface area contributed by atoms with Gasteiger partial charge in [0.15, 0.2) is 0 Å². The highest BCUT2D eigenvalue weighted by atomic mass is 16.5. The molecule has 3 nitrogen and oxygen atoms in total. The number of nitrogens with zero attached hydrogens (tertiary/aromatic N) is 1. The topological polar surface area (TPSA) is 32.7 Å². The van der Waals surface area contributed by atoms with Gasteiger partial charge in [-0.05, 0) is 24.8 Å². The molecule has 1 saturated heterocycles. The highest BCUT2D eigenvalue weighted by Crippen LogP contribution is 2.08. The Morgan fingerprint density at radius 3 is 2.56 bits per heavy atom. The fraction of sp³-hybridized carbons (Fsp3) is 0.600. The maximum absolute atomic E-state index is 9.98. The van der Waals surface area contributed by atoms with E-state index in [2.05, 4.69) is 29.2 Å². The van der Waals surface area contributed by atoms with Crippen LogP contribution in [-0.2, 0) is 11.2 Å². The summed E-state index contributed by atoms with van der Waals surface area (Å²) >= 11 is 0. The molecule has 0 bridgehead atoms. The zero-order valence-electron chi connectivity index (χ0n) is 10.9. The van der Waals surface area contributed by atoms with E-state index in [4.69, 9.17) is 4.74 Å². The Kier molecular flexibility index (Phi) is 5.65. The van der Waals surface area contributed by atoms with Crippen LogP contribution in [0.4, 0.5) is 0 Å². The number of aliphatic hydroxyl groups is 1. The summed E-state index contributed by atoms with van der Waals surface area (Å²) in [6.45, 7) is 4.66.